The third-order valence-electron chi connectivity index (χ3n) is 4.26. The molecule has 1 aromatic heterocycles. The number of hydrogen-bond acceptors (Lipinski definition) is 3. The van der Waals surface area contributed by atoms with Crippen molar-refractivity contribution in [2.45, 2.75) is 18.9 Å². The number of benzene rings is 2. The highest BCUT2D eigenvalue weighted by atomic mass is 16.5. The Morgan fingerprint density at radius 1 is 1.17 bits per heavy atom. The average molecular weight is 319 g/mol. The van der Waals surface area contributed by atoms with Crippen molar-refractivity contribution in [1.29, 1.82) is 0 Å². The SMILES string of the molecule is C[C@H]1c2ccccc2O[C@H]1C(=O)Nc1cccc(-n2cccn2)c1. The molecule has 2 aromatic carbocycles. The summed E-state index contributed by atoms with van der Waals surface area (Å²) in [5.41, 5.74) is 2.68. The van der Waals surface area contributed by atoms with Gasteiger partial charge in [0.2, 0.25) is 0 Å². The minimum atomic E-state index is -0.518. The molecular formula is C19H17N3O2. The van der Waals surface area contributed by atoms with Gasteiger partial charge in [0.25, 0.3) is 5.91 Å². The number of carbonyl (C=O) groups is 1. The maximum atomic E-state index is 12.6. The zero-order valence-electron chi connectivity index (χ0n) is 13.2. The number of para-hydroxylation sites is 1. The summed E-state index contributed by atoms with van der Waals surface area (Å²) >= 11 is 0. The van der Waals surface area contributed by atoms with Crippen molar-refractivity contribution in [1.82, 2.24) is 9.78 Å². The molecule has 1 aliphatic heterocycles. The van der Waals surface area contributed by atoms with Gasteiger partial charge in [-0.25, -0.2) is 4.68 Å². The normalized spacial score (nSPS) is 18.7. The first-order valence-electron chi connectivity index (χ1n) is 7.89. The Bertz CT molecular complexity index is 874. The fraction of sp³-hybridized carbons (Fsp3) is 0.158. The summed E-state index contributed by atoms with van der Waals surface area (Å²) < 4.78 is 7.58. The number of rotatable bonds is 3. The number of fused-ring (bicyclic) bond motifs is 1. The standard InChI is InChI=1S/C19H17N3O2/c1-13-16-8-2-3-9-17(16)24-18(13)19(23)21-14-6-4-7-15(12-14)22-11-5-10-20-22/h2-13,18H,1H3,(H,21,23)/t13-,18+/m0/s1. The van der Waals surface area contributed by atoms with E-state index in [1.807, 2.05) is 67.7 Å². The van der Waals surface area contributed by atoms with E-state index < -0.39 is 6.10 Å². The predicted octanol–water partition coefficient (Wildman–Crippen LogP) is 3.38. The summed E-state index contributed by atoms with van der Waals surface area (Å²) in [4.78, 5) is 12.6. The van der Waals surface area contributed by atoms with Crippen molar-refractivity contribution in [3.8, 4) is 11.4 Å². The molecule has 0 spiro atoms. The van der Waals surface area contributed by atoms with Gasteiger partial charge in [0.15, 0.2) is 6.10 Å². The van der Waals surface area contributed by atoms with E-state index in [9.17, 15) is 4.79 Å². The first-order valence-corrected chi connectivity index (χ1v) is 7.89. The van der Waals surface area contributed by atoms with Crippen molar-refractivity contribution in [3.05, 3.63) is 72.6 Å². The minimum Gasteiger partial charge on any atom is -0.480 e. The van der Waals surface area contributed by atoms with Crippen LogP contribution in [-0.2, 0) is 4.79 Å². The number of anilines is 1. The fourth-order valence-corrected chi connectivity index (χ4v) is 3.01. The first-order chi connectivity index (χ1) is 11.7. The minimum absolute atomic E-state index is 0.0236. The van der Waals surface area contributed by atoms with Gasteiger partial charge < -0.3 is 10.1 Å². The molecule has 0 bridgehead atoms. The Balaban J connectivity index is 1.52. The highest BCUT2D eigenvalue weighted by Crippen LogP contribution is 2.38. The number of carbonyl (C=O) groups excluding carboxylic acids is 1. The maximum absolute atomic E-state index is 12.6. The van der Waals surface area contributed by atoms with Crippen molar-refractivity contribution in [2.75, 3.05) is 5.32 Å². The summed E-state index contributed by atoms with van der Waals surface area (Å²) in [5.74, 6) is 0.669. The van der Waals surface area contributed by atoms with E-state index in [-0.39, 0.29) is 11.8 Å². The summed E-state index contributed by atoms with van der Waals surface area (Å²) in [5, 5.41) is 7.15. The lowest BCUT2D eigenvalue weighted by Gasteiger charge is -2.15. The van der Waals surface area contributed by atoms with Crippen molar-refractivity contribution >= 4 is 11.6 Å². The molecule has 1 amide bonds. The molecule has 3 aromatic rings. The molecule has 0 radical (unpaired) electrons. The van der Waals surface area contributed by atoms with Crippen LogP contribution < -0.4 is 10.1 Å². The summed E-state index contributed by atoms with van der Waals surface area (Å²) in [6, 6.07) is 17.2. The van der Waals surface area contributed by atoms with Crippen LogP contribution in [0, 0.1) is 0 Å². The third-order valence-corrected chi connectivity index (χ3v) is 4.26. The van der Waals surface area contributed by atoms with Crippen molar-refractivity contribution < 1.29 is 9.53 Å². The highest BCUT2D eigenvalue weighted by molar-refractivity contribution is 5.95. The lowest BCUT2D eigenvalue weighted by atomic mass is 9.97. The monoisotopic (exact) mass is 319 g/mol. The number of aromatic nitrogens is 2. The van der Waals surface area contributed by atoms with E-state index in [1.165, 1.54) is 0 Å². The summed E-state index contributed by atoms with van der Waals surface area (Å²) in [6.07, 6.45) is 3.06. The Morgan fingerprint density at radius 2 is 2.04 bits per heavy atom. The molecule has 0 fully saturated rings. The number of nitrogens with zero attached hydrogens (tertiary/aromatic N) is 2. The van der Waals surface area contributed by atoms with Crippen LogP contribution in [0.25, 0.3) is 5.69 Å². The molecule has 0 saturated carbocycles. The molecule has 24 heavy (non-hydrogen) atoms. The number of nitrogens with one attached hydrogen (secondary N) is 1. The smallest absolute Gasteiger partial charge is 0.266 e. The fourth-order valence-electron chi connectivity index (χ4n) is 3.01. The topological polar surface area (TPSA) is 56.1 Å². The van der Waals surface area contributed by atoms with E-state index in [0.29, 0.717) is 0 Å². The van der Waals surface area contributed by atoms with Crippen LogP contribution in [0.1, 0.15) is 18.4 Å². The molecule has 1 N–H and O–H groups in total. The molecule has 4 rings (SSSR count). The maximum Gasteiger partial charge on any atom is 0.266 e. The number of hydrogen-bond donors (Lipinski definition) is 1. The van der Waals surface area contributed by atoms with Crippen LogP contribution in [0.3, 0.4) is 0 Å². The van der Waals surface area contributed by atoms with E-state index in [4.69, 9.17) is 4.74 Å². The van der Waals surface area contributed by atoms with Gasteiger partial charge >= 0.3 is 0 Å². The first kappa shape index (κ1) is 14.5. The van der Waals surface area contributed by atoms with Gasteiger partial charge in [-0.1, -0.05) is 31.2 Å². The molecule has 5 heteroatoms. The average Bonchev–Trinajstić information content (AvgIpc) is 3.24. The van der Waals surface area contributed by atoms with Crippen LogP contribution in [0.2, 0.25) is 0 Å². The van der Waals surface area contributed by atoms with Gasteiger partial charge in [-0.3, -0.25) is 4.79 Å². The zero-order valence-corrected chi connectivity index (χ0v) is 13.2. The zero-order chi connectivity index (χ0) is 16.5. The van der Waals surface area contributed by atoms with Crippen LogP contribution in [0.15, 0.2) is 67.0 Å². The molecule has 0 aliphatic carbocycles. The molecule has 5 nitrogen and oxygen atoms in total. The van der Waals surface area contributed by atoms with E-state index in [2.05, 4.69) is 10.4 Å². The number of amides is 1. The molecule has 0 saturated heterocycles. The van der Waals surface area contributed by atoms with Crippen LogP contribution in [0.5, 0.6) is 5.75 Å². The number of ether oxygens (including phenoxy) is 1. The van der Waals surface area contributed by atoms with E-state index in [1.54, 1.807) is 10.9 Å². The highest BCUT2D eigenvalue weighted by Gasteiger charge is 2.36. The van der Waals surface area contributed by atoms with Gasteiger partial charge in [0.1, 0.15) is 5.75 Å². The van der Waals surface area contributed by atoms with E-state index in [0.717, 1.165) is 22.7 Å². The summed E-state index contributed by atoms with van der Waals surface area (Å²) in [7, 11) is 0. The summed E-state index contributed by atoms with van der Waals surface area (Å²) in [6.45, 7) is 2.01. The molecule has 2 heterocycles. The van der Waals surface area contributed by atoms with Crippen LogP contribution in [0.4, 0.5) is 5.69 Å². The van der Waals surface area contributed by atoms with Gasteiger partial charge in [0.05, 0.1) is 5.69 Å². The Hall–Kier alpha value is -3.08. The second-order valence-electron chi connectivity index (χ2n) is 5.86. The largest absolute Gasteiger partial charge is 0.480 e. The quantitative estimate of drug-likeness (QED) is 0.805. The molecule has 2 atom stereocenters. The van der Waals surface area contributed by atoms with Crippen molar-refractivity contribution in [2.24, 2.45) is 0 Å². The second-order valence-corrected chi connectivity index (χ2v) is 5.86. The van der Waals surface area contributed by atoms with Gasteiger partial charge in [-0.15, -0.1) is 0 Å². The lowest BCUT2D eigenvalue weighted by Crippen LogP contribution is -2.33. The third kappa shape index (κ3) is 2.54. The van der Waals surface area contributed by atoms with E-state index >= 15 is 0 Å². The second kappa shape index (κ2) is 5.85. The Kier molecular flexibility index (Phi) is 3.54. The van der Waals surface area contributed by atoms with Gasteiger partial charge in [-0.05, 0) is 30.3 Å². The van der Waals surface area contributed by atoms with Crippen LogP contribution >= 0.6 is 0 Å². The van der Waals surface area contributed by atoms with Gasteiger partial charge in [0, 0.05) is 29.6 Å². The molecule has 1 aliphatic rings. The molecule has 0 unspecified atom stereocenters. The van der Waals surface area contributed by atoms with Gasteiger partial charge in [-0.2, -0.15) is 5.10 Å². The van der Waals surface area contributed by atoms with Crippen molar-refractivity contribution in [3.63, 3.8) is 0 Å². The molecular weight excluding hydrogens is 302 g/mol. The predicted molar refractivity (Wildman–Crippen MR) is 91.5 cm³/mol. The Morgan fingerprint density at radius 3 is 2.83 bits per heavy atom. The molecule has 120 valence electrons. The lowest BCUT2D eigenvalue weighted by molar-refractivity contribution is -0.122. The Labute approximate surface area is 139 Å². The van der Waals surface area contributed by atoms with Crippen LogP contribution in [-0.4, -0.2) is 21.8 Å².